The number of rotatable bonds is 4. The fourth-order valence-electron chi connectivity index (χ4n) is 5.60. The van der Waals surface area contributed by atoms with Gasteiger partial charge in [0.1, 0.15) is 0 Å². The van der Waals surface area contributed by atoms with Crippen LogP contribution in [-0.4, -0.2) is 19.9 Å². The van der Waals surface area contributed by atoms with Crippen LogP contribution in [0.5, 0.6) is 0 Å². The van der Waals surface area contributed by atoms with Gasteiger partial charge in [0.2, 0.25) is 0 Å². The lowest BCUT2D eigenvalue weighted by atomic mass is 10.0. The molecule has 5 aromatic carbocycles. The Labute approximate surface area is 243 Å². The Morgan fingerprint density at radius 1 is 0.405 bits per heavy atom. The summed E-state index contributed by atoms with van der Waals surface area (Å²) >= 11 is 0. The molecule has 0 N–H and O–H groups in total. The lowest BCUT2D eigenvalue weighted by Crippen LogP contribution is -1.96. The Balaban J connectivity index is 1.27. The highest BCUT2D eigenvalue weighted by atomic mass is 14.9. The first-order chi connectivity index (χ1) is 20.8. The van der Waals surface area contributed by atoms with Crippen molar-refractivity contribution in [3.05, 3.63) is 146 Å². The van der Waals surface area contributed by atoms with Gasteiger partial charge in [0.15, 0.2) is 5.82 Å². The van der Waals surface area contributed by atoms with E-state index < -0.39 is 0 Å². The molecule has 0 unspecified atom stereocenters. The first kappa shape index (κ1) is 24.1. The van der Waals surface area contributed by atoms with E-state index in [2.05, 4.69) is 120 Å². The lowest BCUT2D eigenvalue weighted by Gasteiger charge is -2.12. The Kier molecular flexibility index (Phi) is 5.75. The van der Waals surface area contributed by atoms with Gasteiger partial charge in [0.25, 0.3) is 0 Å². The SMILES string of the molecule is c1ccc(-c2cccc(-c3nc(-c4cccc(-c5ccc6ccc7cccnc7c6n5)c4)c4ccccc4n3)c2)cc1. The predicted molar refractivity (Wildman–Crippen MR) is 172 cm³/mol. The summed E-state index contributed by atoms with van der Waals surface area (Å²) in [5.74, 6) is 0.702. The highest BCUT2D eigenvalue weighted by molar-refractivity contribution is 6.03. The van der Waals surface area contributed by atoms with E-state index in [0.717, 1.165) is 66.4 Å². The molecule has 0 spiro atoms. The molecular weight excluding hydrogens is 512 g/mol. The van der Waals surface area contributed by atoms with E-state index in [4.69, 9.17) is 15.0 Å². The van der Waals surface area contributed by atoms with E-state index in [9.17, 15) is 0 Å². The van der Waals surface area contributed by atoms with Crippen LogP contribution in [0.4, 0.5) is 0 Å². The van der Waals surface area contributed by atoms with Gasteiger partial charge in [-0.3, -0.25) is 4.98 Å². The molecule has 0 bridgehead atoms. The predicted octanol–water partition coefficient (Wildman–Crippen LogP) is 9.39. The summed E-state index contributed by atoms with van der Waals surface area (Å²) in [6.45, 7) is 0. The van der Waals surface area contributed by atoms with Crippen LogP contribution in [0.3, 0.4) is 0 Å². The Morgan fingerprint density at radius 2 is 1.10 bits per heavy atom. The minimum atomic E-state index is 0.702. The average Bonchev–Trinajstić information content (AvgIpc) is 3.08. The first-order valence-electron chi connectivity index (χ1n) is 14.0. The normalized spacial score (nSPS) is 11.3. The van der Waals surface area contributed by atoms with Crippen LogP contribution >= 0.6 is 0 Å². The molecule has 8 aromatic rings. The first-order valence-corrected chi connectivity index (χ1v) is 14.0. The van der Waals surface area contributed by atoms with Gasteiger partial charge in [-0.05, 0) is 41.5 Å². The van der Waals surface area contributed by atoms with Crippen LogP contribution < -0.4 is 0 Å². The molecule has 3 heterocycles. The summed E-state index contributed by atoms with van der Waals surface area (Å²) in [6.07, 6.45) is 1.82. The second-order valence-corrected chi connectivity index (χ2v) is 10.3. The molecule has 0 saturated carbocycles. The summed E-state index contributed by atoms with van der Waals surface area (Å²) in [6, 6.07) is 47.9. The van der Waals surface area contributed by atoms with E-state index in [0.29, 0.717) is 5.82 Å². The molecule has 0 saturated heterocycles. The maximum Gasteiger partial charge on any atom is 0.160 e. The van der Waals surface area contributed by atoms with Crippen LogP contribution in [0.1, 0.15) is 0 Å². The van der Waals surface area contributed by atoms with Gasteiger partial charge in [0.05, 0.1) is 27.9 Å². The summed E-state index contributed by atoms with van der Waals surface area (Å²) in [5, 5.41) is 3.17. The maximum atomic E-state index is 5.16. The smallest absolute Gasteiger partial charge is 0.160 e. The molecule has 0 aliphatic carbocycles. The second-order valence-electron chi connectivity index (χ2n) is 10.3. The van der Waals surface area contributed by atoms with Crippen molar-refractivity contribution in [3.63, 3.8) is 0 Å². The van der Waals surface area contributed by atoms with Crippen molar-refractivity contribution in [2.24, 2.45) is 0 Å². The van der Waals surface area contributed by atoms with Crippen LogP contribution in [0.2, 0.25) is 0 Å². The molecule has 42 heavy (non-hydrogen) atoms. The molecule has 4 heteroatoms. The van der Waals surface area contributed by atoms with Crippen LogP contribution in [0, 0.1) is 0 Å². The number of nitrogens with zero attached hydrogens (tertiary/aromatic N) is 4. The molecule has 196 valence electrons. The maximum absolute atomic E-state index is 5.16. The highest BCUT2D eigenvalue weighted by Gasteiger charge is 2.14. The largest absolute Gasteiger partial charge is 0.254 e. The molecule has 8 rings (SSSR count). The van der Waals surface area contributed by atoms with Crippen molar-refractivity contribution < 1.29 is 0 Å². The number of benzene rings is 5. The van der Waals surface area contributed by atoms with E-state index in [1.807, 2.05) is 30.5 Å². The van der Waals surface area contributed by atoms with Crippen LogP contribution in [0.25, 0.3) is 77.7 Å². The van der Waals surface area contributed by atoms with Crippen LogP contribution in [0.15, 0.2) is 146 Å². The van der Waals surface area contributed by atoms with E-state index in [-0.39, 0.29) is 0 Å². The van der Waals surface area contributed by atoms with Crippen molar-refractivity contribution in [3.8, 4) is 45.0 Å². The van der Waals surface area contributed by atoms with Gasteiger partial charge in [-0.2, -0.15) is 0 Å². The Morgan fingerprint density at radius 3 is 2.00 bits per heavy atom. The lowest BCUT2D eigenvalue weighted by molar-refractivity contribution is 1.23. The molecule has 4 nitrogen and oxygen atoms in total. The van der Waals surface area contributed by atoms with Crippen molar-refractivity contribution in [2.75, 3.05) is 0 Å². The Hall–Kier alpha value is -5.74. The van der Waals surface area contributed by atoms with Gasteiger partial charge in [0, 0.05) is 39.0 Å². The molecule has 0 aliphatic rings. The molecule has 0 atom stereocenters. The summed E-state index contributed by atoms with van der Waals surface area (Å²) in [5.41, 5.74) is 9.86. The zero-order chi connectivity index (χ0) is 27.9. The van der Waals surface area contributed by atoms with Gasteiger partial charge in [-0.1, -0.05) is 109 Å². The van der Waals surface area contributed by atoms with Crippen molar-refractivity contribution in [2.45, 2.75) is 0 Å². The third-order valence-corrected chi connectivity index (χ3v) is 7.70. The van der Waals surface area contributed by atoms with Gasteiger partial charge >= 0.3 is 0 Å². The molecule has 0 amide bonds. The van der Waals surface area contributed by atoms with Gasteiger partial charge < -0.3 is 0 Å². The fourth-order valence-corrected chi connectivity index (χ4v) is 5.60. The highest BCUT2D eigenvalue weighted by Crippen LogP contribution is 2.33. The average molecular weight is 537 g/mol. The number of aromatic nitrogens is 4. The van der Waals surface area contributed by atoms with Crippen molar-refractivity contribution >= 4 is 32.7 Å². The van der Waals surface area contributed by atoms with E-state index >= 15 is 0 Å². The summed E-state index contributed by atoms with van der Waals surface area (Å²) < 4.78 is 0. The topological polar surface area (TPSA) is 51.6 Å². The Bertz CT molecular complexity index is 2260. The van der Waals surface area contributed by atoms with Crippen LogP contribution in [-0.2, 0) is 0 Å². The van der Waals surface area contributed by atoms with E-state index in [1.165, 1.54) is 5.56 Å². The van der Waals surface area contributed by atoms with Gasteiger partial charge in [-0.15, -0.1) is 0 Å². The standard InChI is InChI=1S/C38H24N4/c1-2-9-25(10-3-1)28-11-6-14-31(23-28)38-41-34-17-5-4-16-32(34)35(42-38)30-13-7-12-29(24-30)33-21-20-27-19-18-26-15-8-22-39-36(26)37(27)40-33/h1-24H. The fraction of sp³-hybridized carbons (Fsp3) is 0. The van der Waals surface area contributed by atoms with Crippen molar-refractivity contribution in [1.82, 2.24) is 19.9 Å². The summed E-state index contributed by atoms with van der Waals surface area (Å²) in [4.78, 5) is 19.8. The van der Waals surface area contributed by atoms with E-state index in [1.54, 1.807) is 0 Å². The number of fused-ring (bicyclic) bond motifs is 4. The monoisotopic (exact) mass is 536 g/mol. The molecule has 0 radical (unpaired) electrons. The second kappa shape index (κ2) is 10.0. The molecule has 0 aliphatic heterocycles. The third kappa shape index (κ3) is 4.27. The zero-order valence-electron chi connectivity index (χ0n) is 22.6. The van der Waals surface area contributed by atoms with Crippen molar-refractivity contribution in [1.29, 1.82) is 0 Å². The number of pyridine rings is 2. The number of hydrogen-bond donors (Lipinski definition) is 0. The number of para-hydroxylation sites is 1. The minimum absolute atomic E-state index is 0.702. The summed E-state index contributed by atoms with van der Waals surface area (Å²) in [7, 11) is 0. The third-order valence-electron chi connectivity index (χ3n) is 7.70. The molecule has 3 aromatic heterocycles. The molecular formula is C38H24N4. The quantitative estimate of drug-likeness (QED) is 0.210. The molecule has 0 fully saturated rings. The number of hydrogen-bond acceptors (Lipinski definition) is 4. The zero-order valence-corrected chi connectivity index (χ0v) is 22.6. The minimum Gasteiger partial charge on any atom is -0.254 e. The van der Waals surface area contributed by atoms with Gasteiger partial charge in [-0.25, -0.2) is 15.0 Å².